The van der Waals surface area contributed by atoms with Crippen LogP contribution in [0.4, 0.5) is 0 Å². The fraction of sp³-hybridized carbons (Fsp3) is 0.672. The summed E-state index contributed by atoms with van der Waals surface area (Å²) in [6.45, 7) is 7.58. The van der Waals surface area contributed by atoms with Gasteiger partial charge in [-0.2, -0.15) is 0 Å². The molecule has 0 aliphatic heterocycles. The summed E-state index contributed by atoms with van der Waals surface area (Å²) in [6.07, 6.45) is 76.8. The highest BCUT2D eigenvalue weighted by molar-refractivity contribution is 5.70. The van der Waals surface area contributed by atoms with Gasteiger partial charge in [0.2, 0.25) is 0 Å². The predicted octanol–water partition coefficient (Wildman–Crippen LogP) is 18.8. The Morgan fingerprint density at radius 1 is 0.348 bits per heavy atom. The summed E-state index contributed by atoms with van der Waals surface area (Å²) < 4.78 is 17.4. The Balaban J connectivity index is 4.41. The number of hydrogen-bond acceptors (Lipinski definition) is 5. The summed E-state index contributed by atoms with van der Waals surface area (Å²) in [7, 11) is 0. The highest BCUT2D eigenvalue weighted by atomic mass is 16.6. The van der Waals surface area contributed by atoms with E-state index in [4.69, 9.17) is 14.2 Å². The molecular formula is C61H102O5. The molecule has 0 fully saturated rings. The predicted molar refractivity (Wildman–Crippen MR) is 288 cm³/mol. The van der Waals surface area contributed by atoms with Crippen LogP contribution in [0.1, 0.15) is 239 Å². The molecule has 0 amide bonds. The van der Waals surface area contributed by atoms with Crippen LogP contribution in [0.5, 0.6) is 0 Å². The van der Waals surface area contributed by atoms with Gasteiger partial charge in [0.25, 0.3) is 0 Å². The molecule has 0 radical (unpaired) electrons. The highest BCUT2D eigenvalue weighted by Gasteiger charge is 2.17. The SMILES string of the molecule is CC/C=C\C/C=C\C/C=C\C/C=C\C/C=C\CCCC(=O)OCC(COCCCCCCCCCC/C=C\C/C=C\CCCCC)OC(=O)CCCCCCC/C=C\C/C=C\CCCCC. The maximum absolute atomic E-state index is 12.8. The van der Waals surface area contributed by atoms with Crippen molar-refractivity contribution in [3.63, 3.8) is 0 Å². The lowest BCUT2D eigenvalue weighted by molar-refractivity contribution is -0.163. The van der Waals surface area contributed by atoms with E-state index in [0.29, 0.717) is 19.4 Å². The summed E-state index contributed by atoms with van der Waals surface area (Å²) in [4.78, 5) is 25.4. The van der Waals surface area contributed by atoms with E-state index in [-0.39, 0.29) is 25.2 Å². The zero-order chi connectivity index (χ0) is 47.7. The molecule has 5 nitrogen and oxygen atoms in total. The second-order valence-electron chi connectivity index (χ2n) is 17.7. The summed E-state index contributed by atoms with van der Waals surface area (Å²) >= 11 is 0. The number of carbonyl (C=O) groups excluding carboxylic acids is 2. The van der Waals surface area contributed by atoms with Crippen LogP contribution in [-0.2, 0) is 23.8 Å². The lowest BCUT2D eigenvalue weighted by atomic mass is 10.1. The van der Waals surface area contributed by atoms with Gasteiger partial charge in [0.15, 0.2) is 6.10 Å². The average molecular weight is 915 g/mol. The molecule has 0 saturated carbocycles. The average Bonchev–Trinajstić information content (AvgIpc) is 3.32. The second kappa shape index (κ2) is 55.9. The number of esters is 2. The van der Waals surface area contributed by atoms with E-state index in [0.717, 1.165) is 96.3 Å². The molecule has 66 heavy (non-hydrogen) atoms. The van der Waals surface area contributed by atoms with Crippen molar-refractivity contribution in [1.29, 1.82) is 0 Å². The monoisotopic (exact) mass is 915 g/mol. The standard InChI is InChI=1S/C61H102O5/c1-4-7-10-13-16-19-22-25-28-30-32-35-38-41-44-47-50-53-56-64-57-59(66-61(63)55-52-49-46-43-40-37-33-27-24-21-18-15-12-9-6-3)58-65-60(62)54-51-48-45-42-39-36-34-31-29-26-23-20-17-14-11-8-5-2/h8,11,16-21,25-29,33-34,36,42,45,59H,4-7,9-10,12-15,22-24,30-32,35,37-41,43-44,46-58H2,1-3H3/b11-8-,19-16-,20-17-,21-18-,28-25-,29-26-,33-27-,36-34-,45-42-. The van der Waals surface area contributed by atoms with Gasteiger partial charge in [-0.15, -0.1) is 0 Å². The Hall–Kier alpha value is -3.44. The summed E-state index contributed by atoms with van der Waals surface area (Å²) in [5.74, 6) is -0.487. The Labute approximate surface area is 408 Å². The molecule has 0 saturated heterocycles. The first-order valence-corrected chi connectivity index (χ1v) is 27.4. The molecule has 0 aliphatic carbocycles. The third-order valence-corrected chi connectivity index (χ3v) is 11.3. The molecule has 0 aliphatic rings. The molecule has 0 bridgehead atoms. The molecule has 5 heteroatoms. The fourth-order valence-corrected chi connectivity index (χ4v) is 7.19. The summed E-state index contributed by atoms with van der Waals surface area (Å²) in [5.41, 5.74) is 0. The van der Waals surface area contributed by atoms with Crippen molar-refractivity contribution < 1.29 is 23.8 Å². The van der Waals surface area contributed by atoms with Gasteiger partial charge in [-0.1, -0.05) is 214 Å². The third kappa shape index (κ3) is 53.2. The van der Waals surface area contributed by atoms with Crippen LogP contribution in [0, 0.1) is 0 Å². The summed E-state index contributed by atoms with van der Waals surface area (Å²) in [6, 6.07) is 0. The van der Waals surface area contributed by atoms with Crippen LogP contribution in [0.2, 0.25) is 0 Å². The van der Waals surface area contributed by atoms with Crippen LogP contribution < -0.4 is 0 Å². The van der Waals surface area contributed by atoms with Crippen molar-refractivity contribution in [3.8, 4) is 0 Å². The van der Waals surface area contributed by atoms with Gasteiger partial charge in [0.05, 0.1) is 6.61 Å². The van der Waals surface area contributed by atoms with Crippen molar-refractivity contribution in [1.82, 2.24) is 0 Å². The van der Waals surface area contributed by atoms with Crippen LogP contribution in [0.3, 0.4) is 0 Å². The largest absolute Gasteiger partial charge is 0.462 e. The minimum atomic E-state index is -0.577. The first kappa shape index (κ1) is 62.6. The molecule has 1 atom stereocenters. The molecule has 0 aromatic heterocycles. The van der Waals surface area contributed by atoms with Crippen LogP contribution in [0.15, 0.2) is 109 Å². The van der Waals surface area contributed by atoms with E-state index in [1.807, 2.05) is 0 Å². The van der Waals surface area contributed by atoms with Gasteiger partial charge >= 0.3 is 11.9 Å². The summed E-state index contributed by atoms with van der Waals surface area (Å²) in [5, 5.41) is 0. The lowest BCUT2D eigenvalue weighted by Gasteiger charge is -2.18. The smallest absolute Gasteiger partial charge is 0.306 e. The first-order chi connectivity index (χ1) is 32.6. The van der Waals surface area contributed by atoms with Crippen molar-refractivity contribution in [3.05, 3.63) is 109 Å². The minimum absolute atomic E-state index is 0.0420. The van der Waals surface area contributed by atoms with E-state index < -0.39 is 6.10 Å². The van der Waals surface area contributed by atoms with Gasteiger partial charge in [-0.25, -0.2) is 0 Å². The Kier molecular flexibility index (Phi) is 53.0. The van der Waals surface area contributed by atoms with E-state index in [9.17, 15) is 9.59 Å². The third-order valence-electron chi connectivity index (χ3n) is 11.3. The number of rotatable bonds is 49. The zero-order valence-corrected chi connectivity index (χ0v) is 43.2. The van der Waals surface area contributed by atoms with Crippen molar-refractivity contribution in [2.24, 2.45) is 0 Å². The molecule has 376 valence electrons. The molecular weight excluding hydrogens is 813 g/mol. The van der Waals surface area contributed by atoms with Gasteiger partial charge in [-0.3, -0.25) is 9.59 Å². The number of allylic oxidation sites excluding steroid dienone is 18. The maximum atomic E-state index is 12.8. The van der Waals surface area contributed by atoms with Gasteiger partial charge in [0.1, 0.15) is 6.61 Å². The van der Waals surface area contributed by atoms with Crippen molar-refractivity contribution in [2.45, 2.75) is 245 Å². The normalized spacial score (nSPS) is 13.1. The highest BCUT2D eigenvalue weighted by Crippen LogP contribution is 2.13. The number of unbranched alkanes of at least 4 members (excludes halogenated alkanes) is 20. The number of ether oxygens (including phenoxy) is 3. The van der Waals surface area contributed by atoms with Crippen molar-refractivity contribution in [2.75, 3.05) is 19.8 Å². The molecule has 0 spiro atoms. The van der Waals surface area contributed by atoms with E-state index in [1.54, 1.807) is 0 Å². The first-order valence-electron chi connectivity index (χ1n) is 27.4. The topological polar surface area (TPSA) is 61.8 Å². The number of carbonyl (C=O) groups is 2. The Bertz CT molecular complexity index is 1310. The fourth-order valence-electron chi connectivity index (χ4n) is 7.19. The molecule has 0 heterocycles. The number of hydrogen-bond donors (Lipinski definition) is 0. The quantitative estimate of drug-likeness (QED) is 0.0346. The molecule has 0 aromatic carbocycles. The van der Waals surface area contributed by atoms with Crippen LogP contribution >= 0.6 is 0 Å². The van der Waals surface area contributed by atoms with Crippen LogP contribution in [-0.4, -0.2) is 37.9 Å². The Morgan fingerprint density at radius 3 is 1.14 bits per heavy atom. The van der Waals surface area contributed by atoms with E-state index in [1.165, 1.54) is 109 Å². The molecule has 0 aromatic rings. The van der Waals surface area contributed by atoms with Crippen molar-refractivity contribution >= 4 is 11.9 Å². The Morgan fingerprint density at radius 2 is 0.697 bits per heavy atom. The maximum Gasteiger partial charge on any atom is 0.306 e. The molecule has 0 rings (SSSR count). The van der Waals surface area contributed by atoms with Gasteiger partial charge < -0.3 is 14.2 Å². The van der Waals surface area contributed by atoms with Gasteiger partial charge in [0, 0.05) is 19.4 Å². The lowest BCUT2D eigenvalue weighted by Crippen LogP contribution is -2.30. The zero-order valence-electron chi connectivity index (χ0n) is 43.2. The molecule has 0 N–H and O–H groups in total. The molecule has 1 unspecified atom stereocenters. The van der Waals surface area contributed by atoms with Crippen LogP contribution in [0.25, 0.3) is 0 Å². The second-order valence-corrected chi connectivity index (χ2v) is 17.7. The van der Waals surface area contributed by atoms with E-state index >= 15 is 0 Å². The minimum Gasteiger partial charge on any atom is -0.462 e. The van der Waals surface area contributed by atoms with Gasteiger partial charge in [-0.05, 0) is 122 Å². The van der Waals surface area contributed by atoms with E-state index in [2.05, 4.69) is 130 Å².